The fraction of sp³-hybridized carbons (Fsp3) is 0.500. The van der Waals surface area contributed by atoms with E-state index in [1.807, 2.05) is 12.3 Å². The highest BCUT2D eigenvalue weighted by molar-refractivity contribution is 5.72. The maximum absolute atomic E-state index is 4.41. The van der Waals surface area contributed by atoms with E-state index >= 15 is 0 Å². The first kappa shape index (κ1) is 8.05. The van der Waals surface area contributed by atoms with Crippen LogP contribution < -0.4 is 10.2 Å². The van der Waals surface area contributed by atoms with Crippen molar-refractivity contribution in [3.8, 4) is 0 Å². The van der Waals surface area contributed by atoms with Crippen LogP contribution in [0.1, 0.15) is 0 Å². The maximum atomic E-state index is 4.41. The molecule has 1 saturated heterocycles. The summed E-state index contributed by atoms with van der Waals surface area (Å²) in [5.41, 5.74) is 1.17. The minimum atomic E-state index is 0.415. The number of pyridine rings is 1. The predicted molar refractivity (Wildman–Crippen MR) is 56.5 cm³/mol. The summed E-state index contributed by atoms with van der Waals surface area (Å²) in [5, 5.41) is 3.49. The average molecular weight is 190 g/mol. The lowest BCUT2D eigenvalue weighted by molar-refractivity contribution is 0.283. The van der Waals surface area contributed by atoms with Crippen LogP contribution in [-0.4, -0.2) is 42.7 Å². The summed E-state index contributed by atoms with van der Waals surface area (Å²) >= 11 is 0. The van der Waals surface area contributed by atoms with Crippen molar-refractivity contribution in [3.05, 3.63) is 18.3 Å². The van der Waals surface area contributed by atoms with E-state index in [1.165, 1.54) is 5.69 Å². The highest BCUT2D eigenvalue weighted by Crippen LogP contribution is 2.32. The molecule has 14 heavy (non-hydrogen) atoms. The molecule has 0 radical (unpaired) electrons. The quantitative estimate of drug-likeness (QED) is 0.648. The van der Waals surface area contributed by atoms with Crippen molar-refractivity contribution in [1.29, 1.82) is 0 Å². The Balaban J connectivity index is 1.94. The van der Waals surface area contributed by atoms with Gasteiger partial charge in [0.15, 0.2) is 5.82 Å². The minimum absolute atomic E-state index is 0.415. The topological polar surface area (TPSA) is 31.4 Å². The lowest BCUT2D eigenvalue weighted by atomic mass is 10.3. The fourth-order valence-electron chi connectivity index (χ4n) is 2.21. The summed E-state index contributed by atoms with van der Waals surface area (Å²) in [6, 6.07) is 4.08. The Morgan fingerprint density at radius 1 is 1.50 bits per heavy atom. The number of hydrogen-bond acceptors (Lipinski definition) is 4. The Hall–Kier alpha value is -1.29. The number of rotatable bonds is 0. The molecule has 0 amide bonds. The molecule has 4 nitrogen and oxygen atoms in total. The third-order valence-electron chi connectivity index (χ3n) is 2.96. The Labute approximate surface area is 83.5 Å². The van der Waals surface area contributed by atoms with Gasteiger partial charge >= 0.3 is 0 Å². The van der Waals surface area contributed by atoms with Gasteiger partial charge in [0.05, 0.1) is 5.69 Å². The molecule has 0 saturated carbocycles. The number of fused-ring (bicyclic) bond motifs is 3. The largest absolute Gasteiger partial charge is 0.361 e. The molecule has 0 aliphatic carbocycles. The second kappa shape index (κ2) is 2.85. The molecule has 0 aromatic carbocycles. The number of aromatic nitrogens is 1. The van der Waals surface area contributed by atoms with Crippen LogP contribution in [0.2, 0.25) is 0 Å². The van der Waals surface area contributed by atoms with Gasteiger partial charge in [0.2, 0.25) is 0 Å². The van der Waals surface area contributed by atoms with Crippen LogP contribution in [0.3, 0.4) is 0 Å². The zero-order valence-corrected chi connectivity index (χ0v) is 8.27. The second-order valence-corrected chi connectivity index (χ2v) is 3.99. The molecule has 2 aliphatic rings. The average Bonchev–Trinajstić information content (AvgIpc) is 2.54. The molecule has 3 heterocycles. The van der Waals surface area contributed by atoms with Crippen molar-refractivity contribution in [1.82, 2.24) is 9.88 Å². The fourth-order valence-corrected chi connectivity index (χ4v) is 2.21. The van der Waals surface area contributed by atoms with Crippen LogP contribution >= 0.6 is 0 Å². The van der Waals surface area contributed by atoms with E-state index in [1.54, 1.807) is 0 Å². The van der Waals surface area contributed by atoms with Crippen molar-refractivity contribution >= 4 is 11.5 Å². The van der Waals surface area contributed by atoms with Gasteiger partial charge < -0.3 is 15.1 Å². The number of nitrogens with one attached hydrogen (secondary N) is 1. The summed E-state index contributed by atoms with van der Waals surface area (Å²) in [6.45, 7) is 3.25. The standard InChI is InChI=1S/C10H14N4/c1-13-5-6-14-9(7-13)12-8-3-2-4-11-10(8)14/h2-4,9,12H,5-7H2,1H3. The zero-order valence-electron chi connectivity index (χ0n) is 8.27. The van der Waals surface area contributed by atoms with E-state index in [2.05, 4.69) is 33.2 Å². The first-order valence-corrected chi connectivity index (χ1v) is 5.01. The van der Waals surface area contributed by atoms with E-state index in [0.717, 1.165) is 25.5 Å². The Bertz CT molecular complexity index is 352. The molecule has 1 aromatic heterocycles. The monoisotopic (exact) mass is 190 g/mol. The summed E-state index contributed by atoms with van der Waals surface area (Å²) in [4.78, 5) is 9.12. The Morgan fingerprint density at radius 3 is 3.36 bits per heavy atom. The molecule has 74 valence electrons. The van der Waals surface area contributed by atoms with Gasteiger partial charge in [-0.3, -0.25) is 0 Å². The van der Waals surface area contributed by atoms with Gasteiger partial charge in [-0.1, -0.05) is 0 Å². The van der Waals surface area contributed by atoms with Crippen LogP contribution in [-0.2, 0) is 0 Å². The van der Waals surface area contributed by atoms with Gasteiger partial charge in [-0.05, 0) is 19.2 Å². The van der Waals surface area contributed by atoms with E-state index in [4.69, 9.17) is 0 Å². The van der Waals surface area contributed by atoms with Gasteiger partial charge in [0.1, 0.15) is 6.17 Å². The summed E-state index contributed by atoms with van der Waals surface area (Å²) in [5.74, 6) is 1.12. The van der Waals surface area contributed by atoms with Crippen molar-refractivity contribution in [2.75, 3.05) is 36.9 Å². The van der Waals surface area contributed by atoms with Gasteiger partial charge in [-0.15, -0.1) is 0 Å². The first-order chi connectivity index (χ1) is 6.84. The summed E-state index contributed by atoms with van der Waals surface area (Å²) in [6.07, 6.45) is 2.28. The predicted octanol–water partition coefficient (Wildman–Crippen LogP) is 0.585. The molecule has 1 aromatic rings. The molecule has 1 unspecified atom stereocenters. The molecule has 2 aliphatic heterocycles. The maximum Gasteiger partial charge on any atom is 0.153 e. The highest BCUT2D eigenvalue weighted by Gasteiger charge is 2.33. The SMILES string of the molecule is CN1CCN2c3ncccc3NC2C1. The molecule has 4 heteroatoms. The lowest BCUT2D eigenvalue weighted by Gasteiger charge is -2.35. The molecule has 1 N–H and O–H groups in total. The Kier molecular flexibility index (Phi) is 1.64. The molecule has 1 atom stereocenters. The van der Waals surface area contributed by atoms with Gasteiger partial charge in [0, 0.05) is 25.8 Å². The third kappa shape index (κ3) is 1.07. The second-order valence-electron chi connectivity index (χ2n) is 3.99. The first-order valence-electron chi connectivity index (χ1n) is 5.01. The van der Waals surface area contributed by atoms with Crippen molar-refractivity contribution in [2.24, 2.45) is 0 Å². The van der Waals surface area contributed by atoms with Crippen molar-refractivity contribution in [2.45, 2.75) is 6.17 Å². The van der Waals surface area contributed by atoms with Gasteiger partial charge in [-0.2, -0.15) is 0 Å². The molecule has 3 rings (SSSR count). The van der Waals surface area contributed by atoms with E-state index in [0.29, 0.717) is 6.17 Å². The normalized spacial score (nSPS) is 25.5. The number of nitrogens with zero attached hydrogens (tertiary/aromatic N) is 3. The van der Waals surface area contributed by atoms with Crippen molar-refractivity contribution in [3.63, 3.8) is 0 Å². The van der Waals surface area contributed by atoms with E-state index in [9.17, 15) is 0 Å². The lowest BCUT2D eigenvalue weighted by Crippen LogP contribution is -2.52. The molecule has 0 bridgehead atoms. The third-order valence-corrected chi connectivity index (χ3v) is 2.96. The summed E-state index contributed by atoms with van der Waals surface area (Å²) < 4.78 is 0. The highest BCUT2D eigenvalue weighted by atomic mass is 15.4. The van der Waals surface area contributed by atoms with Crippen LogP contribution in [0.15, 0.2) is 18.3 Å². The number of likely N-dealkylation sites (N-methyl/N-ethyl adjacent to an activating group) is 1. The van der Waals surface area contributed by atoms with Gasteiger partial charge in [0.25, 0.3) is 0 Å². The van der Waals surface area contributed by atoms with Crippen LogP contribution in [0, 0.1) is 0 Å². The van der Waals surface area contributed by atoms with E-state index in [-0.39, 0.29) is 0 Å². The molecule has 1 fully saturated rings. The van der Waals surface area contributed by atoms with Crippen LogP contribution in [0.25, 0.3) is 0 Å². The molecular formula is C10H14N4. The molecule has 0 spiro atoms. The van der Waals surface area contributed by atoms with Crippen LogP contribution in [0.4, 0.5) is 11.5 Å². The summed E-state index contributed by atoms with van der Waals surface area (Å²) in [7, 11) is 2.16. The van der Waals surface area contributed by atoms with Crippen LogP contribution in [0.5, 0.6) is 0 Å². The van der Waals surface area contributed by atoms with Gasteiger partial charge in [-0.25, -0.2) is 4.98 Å². The zero-order chi connectivity index (χ0) is 9.54. The minimum Gasteiger partial charge on any atom is -0.361 e. The molecular weight excluding hydrogens is 176 g/mol. The number of hydrogen-bond donors (Lipinski definition) is 1. The Morgan fingerprint density at radius 2 is 2.43 bits per heavy atom. The van der Waals surface area contributed by atoms with E-state index < -0.39 is 0 Å². The smallest absolute Gasteiger partial charge is 0.153 e. The number of piperazine rings is 1. The number of anilines is 2. The van der Waals surface area contributed by atoms with Crippen molar-refractivity contribution < 1.29 is 0 Å².